The normalized spacial score (nSPS) is 12.4. The van der Waals surface area contributed by atoms with Crippen LogP contribution in [0.5, 0.6) is 5.75 Å². The maximum atomic E-state index is 5.75. The maximum absolute atomic E-state index is 5.75. The molecule has 0 aromatic heterocycles. The summed E-state index contributed by atoms with van der Waals surface area (Å²) in [7, 11) is 0. The van der Waals surface area contributed by atoms with Crippen LogP contribution in [-0.2, 0) is 6.42 Å². The Morgan fingerprint density at radius 1 is 1.11 bits per heavy atom. The summed E-state index contributed by atoms with van der Waals surface area (Å²) in [6, 6.07) is 8.69. The number of unbranched alkanes of at least 4 members (excludes halogenated alkanes) is 3. The van der Waals surface area contributed by atoms with Gasteiger partial charge in [-0.05, 0) is 43.9 Å². The summed E-state index contributed by atoms with van der Waals surface area (Å²) in [6.45, 7) is 5.11. The van der Waals surface area contributed by atoms with Crippen LogP contribution in [0, 0.1) is 0 Å². The lowest BCUT2D eigenvalue weighted by Crippen LogP contribution is -2.15. The second kappa shape index (κ2) is 8.98. The van der Waals surface area contributed by atoms with E-state index in [4.69, 9.17) is 10.5 Å². The lowest BCUT2D eigenvalue weighted by Gasteiger charge is -2.08. The minimum Gasteiger partial charge on any atom is -0.494 e. The van der Waals surface area contributed by atoms with Gasteiger partial charge in [-0.3, -0.25) is 0 Å². The molecular weight excluding hydrogens is 222 g/mol. The molecule has 2 nitrogen and oxygen atoms in total. The minimum absolute atomic E-state index is 0.277. The van der Waals surface area contributed by atoms with Gasteiger partial charge in [0.2, 0.25) is 0 Å². The first kappa shape index (κ1) is 15.0. The molecule has 0 amide bonds. The van der Waals surface area contributed by atoms with Crippen LogP contribution in [-0.4, -0.2) is 12.6 Å². The van der Waals surface area contributed by atoms with Crippen molar-refractivity contribution in [2.24, 2.45) is 5.73 Å². The number of benzene rings is 1. The highest BCUT2D eigenvalue weighted by atomic mass is 16.5. The molecule has 0 saturated heterocycles. The van der Waals surface area contributed by atoms with E-state index in [1.165, 1.54) is 24.8 Å². The molecule has 1 rings (SSSR count). The Bertz CT molecular complexity index is 305. The van der Waals surface area contributed by atoms with Gasteiger partial charge in [0.15, 0.2) is 0 Å². The third kappa shape index (κ3) is 6.65. The van der Waals surface area contributed by atoms with E-state index in [2.05, 4.69) is 31.2 Å². The summed E-state index contributed by atoms with van der Waals surface area (Å²) >= 11 is 0. The molecule has 1 atom stereocenters. The smallest absolute Gasteiger partial charge is 0.119 e. The van der Waals surface area contributed by atoms with E-state index in [0.717, 1.165) is 31.6 Å². The lowest BCUT2D eigenvalue weighted by molar-refractivity contribution is 0.305. The van der Waals surface area contributed by atoms with Gasteiger partial charge in [0, 0.05) is 6.04 Å². The highest BCUT2D eigenvalue weighted by Gasteiger charge is 1.98. The van der Waals surface area contributed by atoms with Crippen molar-refractivity contribution in [3.63, 3.8) is 0 Å². The van der Waals surface area contributed by atoms with Crippen molar-refractivity contribution in [2.75, 3.05) is 6.61 Å². The Balaban J connectivity index is 2.23. The van der Waals surface area contributed by atoms with Gasteiger partial charge in [-0.1, -0.05) is 38.3 Å². The van der Waals surface area contributed by atoms with Crippen molar-refractivity contribution < 1.29 is 4.74 Å². The van der Waals surface area contributed by atoms with E-state index in [-0.39, 0.29) is 6.04 Å². The summed E-state index contributed by atoms with van der Waals surface area (Å²) in [5.41, 5.74) is 7.09. The molecule has 0 bridgehead atoms. The topological polar surface area (TPSA) is 35.2 Å². The Kier molecular flexibility index (Phi) is 7.51. The highest BCUT2D eigenvalue weighted by Crippen LogP contribution is 2.14. The van der Waals surface area contributed by atoms with Crippen LogP contribution in [0.25, 0.3) is 0 Å². The van der Waals surface area contributed by atoms with E-state index < -0.39 is 0 Å². The number of rotatable bonds is 9. The van der Waals surface area contributed by atoms with Gasteiger partial charge in [-0.15, -0.1) is 0 Å². The number of aryl methyl sites for hydroxylation is 1. The molecule has 18 heavy (non-hydrogen) atoms. The molecule has 0 aliphatic rings. The van der Waals surface area contributed by atoms with Gasteiger partial charge in [0.05, 0.1) is 6.61 Å². The van der Waals surface area contributed by atoms with E-state index in [1.54, 1.807) is 0 Å². The van der Waals surface area contributed by atoms with Gasteiger partial charge in [0.1, 0.15) is 5.75 Å². The standard InChI is InChI=1S/C16H27NO/c1-3-4-5-6-13-18-16-11-9-15(10-12-16)8-7-14(2)17/h9-12,14H,3-8,13,17H2,1-2H3. The average molecular weight is 249 g/mol. The molecule has 0 heterocycles. The first-order valence-electron chi connectivity index (χ1n) is 7.19. The molecule has 1 aromatic rings. The maximum Gasteiger partial charge on any atom is 0.119 e. The molecule has 1 unspecified atom stereocenters. The molecule has 0 aliphatic heterocycles. The molecular formula is C16H27NO. The molecule has 2 heteroatoms. The molecule has 0 fully saturated rings. The van der Waals surface area contributed by atoms with Crippen LogP contribution in [0.15, 0.2) is 24.3 Å². The number of hydrogen-bond acceptors (Lipinski definition) is 2. The summed E-state index contributed by atoms with van der Waals surface area (Å²) in [5.74, 6) is 0.982. The monoisotopic (exact) mass is 249 g/mol. The van der Waals surface area contributed by atoms with Crippen LogP contribution in [0.4, 0.5) is 0 Å². The Labute approximate surface area is 112 Å². The zero-order chi connectivity index (χ0) is 13.2. The SMILES string of the molecule is CCCCCCOc1ccc(CCC(C)N)cc1. The van der Waals surface area contributed by atoms with Crippen LogP contribution in [0.3, 0.4) is 0 Å². The lowest BCUT2D eigenvalue weighted by atomic mass is 10.1. The van der Waals surface area contributed by atoms with Crippen molar-refractivity contribution in [3.8, 4) is 5.75 Å². The first-order chi connectivity index (χ1) is 8.72. The van der Waals surface area contributed by atoms with E-state index in [1.807, 2.05) is 6.92 Å². The highest BCUT2D eigenvalue weighted by molar-refractivity contribution is 5.27. The third-order valence-corrected chi connectivity index (χ3v) is 3.08. The molecule has 1 aromatic carbocycles. The van der Waals surface area contributed by atoms with E-state index in [0.29, 0.717) is 0 Å². The van der Waals surface area contributed by atoms with E-state index in [9.17, 15) is 0 Å². The summed E-state index contributed by atoms with van der Waals surface area (Å²) in [5, 5.41) is 0. The van der Waals surface area contributed by atoms with Gasteiger partial charge in [0.25, 0.3) is 0 Å². The van der Waals surface area contributed by atoms with Crippen LogP contribution >= 0.6 is 0 Å². The van der Waals surface area contributed by atoms with Crippen molar-refractivity contribution in [2.45, 2.75) is 58.4 Å². The second-order valence-electron chi connectivity index (χ2n) is 5.07. The minimum atomic E-state index is 0.277. The Morgan fingerprint density at radius 3 is 2.44 bits per heavy atom. The van der Waals surface area contributed by atoms with Crippen LogP contribution in [0.2, 0.25) is 0 Å². The fraction of sp³-hybridized carbons (Fsp3) is 0.625. The van der Waals surface area contributed by atoms with Crippen molar-refractivity contribution in [1.29, 1.82) is 0 Å². The van der Waals surface area contributed by atoms with E-state index >= 15 is 0 Å². The van der Waals surface area contributed by atoms with Crippen molar-refractivity contribution in [1.82, 2.24) is 0 Å². The predicted molar refractivity (Wildman–Crippen MR) is 78.0 cm³/mol. The summed E-state index contributed by atoms with van der Waals surface area (Å²) < 4.78 is 5.71. The van der Waals surface area contributed by atoms with Gasteiger partial charge >= 0.3 is 0 Å². The van der Waals surface area contributed by atoms with Crippen LogP contribution in [0.1, 0.15) is 51.5 Å². The van der Waals surface area contributed by atoms with Gasteiger partial charge in [-0.25, -0.2) is 0 Å². The quantitative estimate of drug-likeness (QED) is 0.673. The molecule has 2 N–H and O–H groups in total. The molecule has 0 aliphatic carbocycles. The zero-order valence-electron chi connectivity index (χ0n) is 11.8. The Morgan fingerprint density at radius 2 is 1.83 bits per heavy atom. The molecule has 0 radical (unpaired) electrons. The fourth-order valence-corrected chi connectivity index (χ4v) is 1.87. The second-order valence-corrected chi connectivity index (χ2v) is 5.07. The molecule has 0 saturated carbocycles. The number of nitrogens with two attached hydrogens (primary N) is 1. The average Bonchev–Trinajstić information content (AvgIpc) is 2.37. The molecule has 102 valence electrons. The summed E-state index contributed by atoms with van der Waals surface area (Å²) in [4.78, 5) is 0. The van der Waals surface area contributed by atoms with Gasteiger partial charge in [-0.2, -0.15) is 0 Å². The van der Waals surface area contributed by atoms with Crippen LogP contribution < -0.4 is 10.5 Å². The fourth-order valence-electron chi connectivity index (χ4n) is 1.87. The summed E-state index contributed by atoms with van der Waals surface area (Å²) in [6.07, 6.45) is 7.09. The zero-order valence-corrected chi connectivity index (χ0v) is 11.8. The largest absolute Gasteiger partial charge is 0.494 e. The van der Waals surface area contributed by atoms with Crippen molar-refractivity contribution in [3.05, 3.63) is 29.8 Å². The first-order valence-corrected chi connectivity index (χ1v) is 7.19. The molecule has 0 spiro atoms. The predicted octanol–water partition coefficient (Wildman–Crippen LogP) is 3.93. The number of ether oxygens (including phenoxy) is 1. The number of hydrogen-bond donors (Lipinski definition) is 1. The Hall–Kier alpha value is -1.02. The van der Waals surface area contributed by atoms with Gasteiger partial charge < -0.3 is 10.5 Å². The van der Waals surface area contributed by atoms with Crippen molar-refractivity contribution >= 4 is 0 Å². The third-order valence-electron chi connectivity index (χ3n) is 3.08.